The number of aromatic nitrogens is 2. The number of carbonyl (C=O) groups excluding carboxylic acids is 1. The zero-order chi connectivity index (χ0) is 17.3. The Morgan fingerprint density at radius 3 is 2.54 bits per heavy atom. The van der Waals surface area contributed by atoms with Crippen LogP contribution in [0.1, 0.15) is 58.3 Å². The van der Waals surface area contributed by atoms with Gasteiger partial charge in [-0.1, -0.05) is 6.92 Å². The van der Waals surface area contributed by atoms with E-state index in [1.54, 1.807) is 4.90 Å². The predicted molar refractivity (Wildman–Crippen MR) is 84.6 cm³/mol. The molecular weight excluding hydrogens is 310 g/mol. The van der Waals surface area contributed by atoms with E-state index in [9.17, 15) is 9.59 Å². The summed E-state index contributed by atoms with van der Waals surface area (Å²) in [4.78, 5) is 33.1. The Kier molecular flexibility index (Phi) is 4.33. The van der Waals surface area contributed by atoms with Crippen molar-refractivity contribution < 1.29 is 19.1 Å². The van der Waals surface area contributed by atoms with Crippen molar-refractivity contribution in [2.75, 3.05) is 6.54 Å². The van der Waals surface area contributed by atoms with E-state index in [2.05, 4.69) is 16.9 Å². The monoisotopic (exact) mass is 329 g/mol. The minimum absolute atomic E-state index is 0.142. The smallest absolute Gasteiger partial charge is 0.356 e. The number of likely N-dealkylation sites (tertiary alicyclic amines) is 1. The van der Waals surface area contributed by atoms with Gasteiger partial charge in [0.25, 0.3) is 5.91 Å². The predicted octanol–water partition coefficient (Wildman–Crippen LogP) is 2.69. The van der Waals surface area contributed by atoms with Crippen molar-refractivity contribution in [3.63, 3.8) is 0 Å². The van der Waals surface area contributed by atoms with Gasteiger partial charge in [-0.15, -0.1) is 0 Å². The zero-order valence-electron chi connectivity index (χ0n) is 13.6. The number of carbonyl (C=O) groups is 2. The van der Waals surface area contributed by atoms with Gasteiger partial charge in [0.2, 0.25) is 0 Å². The molecule has 7 nitrogen and oxygen atoms in total. The lowest BCUT2D eigenvalue weighted by Gasteiger charge is -2.37. The first kappa shape index (κ1) is 16.2. The first-order valence-corrected chi connectivity index (χ1v) is 7.88. The zero-order valence-corrected chi connectivity index (χ0v) is 13.6. The van der Waals surface area contributed by atoms with Crippen molar-refractivity contribution in [3.05, 3.63) is 47.4 Å². The molecule has 1 fully saturated rings. The number of aryl methyl sites for hydroxylation is 1. The van der Waals surface area contributed by atoms with Crippen LogP contribution in [0.15, 0.2) is 28.9 Å². The molecule has 3 rings (SSSR count). The number of amides is 1. The lowest BCUT2D eigenvalue weighted by molar-refractivity contribution is 0.0511. The van der Waals surface area contributed by atoms with Crippen LogP contribution < -0.4 is 0 Å². The fourth-order valence-corrected chi connectivity index (χ4v) is 2.98. The molecular formula is C17H19N3O4. The summed E-state index contributed by atoms with van der Waals surface area (Å²) in [5.41, 5.74) is -0.0418. The van der Waals surface area contributed by atoms with E-state index in [0.717, 1.165) is 30.6 Å². The van der Waals surface area contributed by atoms with Gasteiger partial charge in [0.05, 0.1) is 18.4 Å². The van der Waals surface area contributed by atoms with Crippen LogP contribution in [0, 0.1) is 12.8 Å². The third-order valence-electron chi connectivity index (χ3n) is 4.31. The Labute approximate surface area is 139 Å². The Bertz CT molecular complexity index is 753. The van der Waals surface area contributed by atoms with E-state index >= 15 is 0 Å². The van der Waals surface area contributed by atoms with Gasteiger partial charge in [-0.2, -0.15) is 0 Å². The van der Waals surface area contributed by atoms with Crippen LogP contribution in [0.3, 0.4) is 0 Å². The van der Waals surface area contributed by atoms with Crippen molar-refractivity contribution >= 4 is 11.9 Å². The molecule has 2 atom stereocenters. The van der Waals surface area contributed by atoms with Gasteiger partial charge in [-0.3, -0.25) is 4.79 Å². The van der Waals surface area contributed by atoms with Crippen LogP contribution in [0.2, 0.25) is 0 Å². The van der Waals surface area contributed by atoms with E-state index in [1.165, 1.54) is 6.20 Å². The lowest BCUT2D eigenvalue weighted by Crippen LogP contribution is -2.41. The van der Waals surface area contributed by atoms with E-state index in [0.29, 0.717) is 12.5 Å². The van der Waals surface area contributed by atoms with Crippen LogP contribution in [-0.2, 0) is 0 Å². The Morgan fingerprint density at radius 2 is 1.96 bits per heavy atom. The van der Waals surface area contributed by atoms with Crippen LogP contribution in [0.4, 0.5) is 0 Å². The molecule has 1 saturated heterocycles. The van der Waals surface area contributed by atoms with Gasteiger partial charge >= 0.3 is 5.97 Å². The second-order valence-electron chi connectivity index (χ2n) is 6.18. The summed E-state index contributed by atoms with van der Waals surface area (Å²) >= 11 is 0. The van der Waals surface area contributed by atoms with Gasteiger partial charge in [-0.05, 0) is 37.8 Å². The fourth-order valence-electron chi connectivity index (χ4n) is 2.98. The second-order valence-corrected chi connectivity index (χ2v) is 6.18. The maximum absolute atomic E-state index is 12.8. The molecule has 0 aromatic carbocycles. The van der Waals surface area contributed by atoms with Gasteiger partial charge in [0, 0.05) is 6.54 Å². The maximum atomic E-state index is 12.8. The Morgan fingerprint density at radius 1 is 1.25 bits per heavy atom. The first-order valence-electron chi connectivity index (χ1n) is 7.88. The molecule has 1 amide bonds. The number of rotatable bonds is 3. The van der Waals surface area contributed by atoms with Crippen LogP contribution in [0.25, 0.3) is 0 Å². The highest BCUT2D eigenvalue weighted by Gasteiger charge is 2.34. The lowest BCUT2D eigenvalue weighted by atomic mass is 9.91. The van der Waals surface area contributed by atoms with Crippen molar-refractivity contribution in [2.45, 2.75) is 32.7 Å². The van der Waals surface area contributed by atoms with Gasteiger partial charge in [0.1, 0.15) is 17.2 Å². The van der Waals surface area contributed by atoms with Gasteiger partial charge in [0.15, 0.2) is 5.69 Å². The fraction of sp³-hybridized carbons (Fsp3) is 0.412. The molecule has 1 aliphatic rings. The highest BCUT2D eigenvalue weighted by Crippen LogP contribution is 2.35. The highest BCUT2D eigenvalue weighted by molar-refractivity contribution is 5.93. The van der Waals surface area contributed by atoms with E-state index in [1.807, 2.05) is 19.1 Å². The second kappa shape index (κ2) is 6.43. The maximum Gasteiger partial charge on any atom is 0.356 e. The molecule has 0 bridgehead atoms. The third-order valence-corrected chi connectivity index (χ3v) is 4.31. The number of carboxylic acid groups (broad SMARTS) is 1. The molecule has 0 spiro atoms. The molecule has 24 heavy (non-hydrogen) atoms. The van der Waals surface area contributed by atoms with Crippen molar-refractivity contribution in [1.82, 2.24) is 14.9 Å². The van der Waals surface area contributed by atoms with Crippen LogP contribution in [-0.4, -0.2) is 38.4 Å². The van der Waals surface area contributed by atoms with Gasteiger partial charge in [-0.25, -0.2) is 14.8 Å². The molecule has 0 radical (unpaired) electrons. The normalized spacial score (nSPS) is 20.8. The molecule has 126 valence electrons. The number of nitrogens with zero attached hydrogens (tertiary/aromatic N) is 3. The average Bonchev–Trinajstić information content (AvgIpc) is 3.00. The SMILES string of the molecule is Cc1ccc(C2CC(C)CCN2C(=O)c2cnc(C(=O)O)cn2)o1. The highest BCUT2D eigenvalue weighted by atomic mass is 16.4. The Hall–Kier alpha value is -2.70. The summed E-state index contributed by atoms with van der Waals surface area (Å²) in [6.07, 6.45) is 4.05. The number of piperidine rings is 1. The molecule has 0 saturated carbocycles. The number of hydrogen-bond donors (Lipinski definition) is 1. The average molecular weight is 329 g/mol. The summed E-state index contributed by atoms with van der Waals surface area (Å²) in [5.74, 6) is 0.635. The van der Waals surface area contributed by atoms with Gasteiger partial charge < -0.3 is 14.4 Å². The molecule has 0 aliphatic carbocycles. The first-order chi connectivity index (χ1) is 11.5. The number of furan rings is 1. The molecule has 1 aliphatic heterocycles. The molecule has 1 N–H and O–H groups in total. The van der Waals surface area contributed by atoms with Crippen molar-refractivity contribution in [2.24, 2.45) is 5.92 Å². The minimum atomic E-state index is -1.17. The standard InChI is InChI=1S/C17H19N3O4/c1-10-5-6-20(14(7-10)15-4-3-11(2)24-15)16(21)12-8-19-13(9-18-12)17(22)23/h3-4,8-10,14H,5-7H2,1-2H3,(H,22,23). The Balaban J connectivity index is 1.87. The number of aromatic carboxylic acids is 1. The summed E-state index contributed by atoms with van der Waals surface area (Å²) in [6.45, 7) is 4.64. The summed E-state index contributed by atoms with van der Waals surface area (Å²) < 4.78 is 5.73. The third kappa shape index (κ3) is 3.15. The summed E-state index contributed by atoms with van der Waals surface area (Å²) in [7, 11) is 0. The van der Waals surface area contributed by atoms with E-state index < -0.39 is 5.97 Å². The van der Waals surface area contributed by atoms with Crippen molar-refractivity contribution in [1.29, 1.82) is 0 Å². The van der Waals surface area contributed by atoms with Crippen LogP contribution in [0.5, 0.6) is 0 Å². The molecule has 7 heteroatoms. The van der Waals surface area contributed by atoms with Crippen LogP contribution >= 0.6 is 0 Å². The molecule has 2 aromatic heterocycles. The summed E-state index contributed by atoms with van der Waals surface area (Å²) in [6, 6.07) is 3.65. The minimum Gasteiger partial charge on any atom is -0.476 e. The number of carboxylic acids is 1. The largest absolute Gasteiger partial charge is 0.476 e. The number of hydrogen-bond acceptors (Lipinski definition) is 5. The quantitative estimate of drug-likeness (QED) is 0.930. The van der Waals surface area contributed by atoms with E-state index in [-0.39, 0.29) is 23.3 Å². The van der Waals surface area contributed by atoms with Crippen molar-refractivity contribution in [3.8, 4) is 0 Å². The topological polar surface area (TPSA) is 96.5 Å². The van der Waals surface area contributed by atoms with E-state index in [4.69, 9.17) is 9.52 Å². The molecule has 3 heterocycles. The summed E-state index contributed by atoms with van der Waals surface area (Å²) in [5, 5.41) is 8.87. The molecule has 2 aromatic rings. The molecule has 2 unspecified atom stereocenters.